The molecular formula is C25H20F4N4O3. The summed E-state index contributed by atoms with van der Waals surface area (Å²) in [5, 5.41) is 19.3. The number of hydrogen-bond acceptors (Lipinski definition) is 5. The normalized spacial score (nSPS) is 12.2. The molecule has 0 spiro atoms. The largest absolute Gasteiger partial charge is 0.573 e. The molecule has 4 rings (SSSR count). The highest BCUT2D eigenvalue weighted by Crippen LogP contribution is 2.32. The van der Waals surface area contributed by atoms with Crippen molar-refractivity contribution >= 4 is 5.91 Å². The van der Waals surface area contributed by atoms with Gasteiger partial charge in [-0.15, -0.1) is 13.2 Å². The third-order valence-electron chi connectivity index (χ3n) is 5.22. The van der Waals surface area contributed by atoms with Crippen LogP contribution in [0.15, 0.2) is 72.9 Å². The molecule has 0 aliphatic heterocycles. The van der Waals surface area contributed by atoms with Gasteiger partial charge in [-0.25, -0.2) is 4.39 Å². The minimum Gasteiger partial charge on any atom is -0.406 e. The van der Waals surface area contributed by atoms with E-state index < -0.39 is 29.9 Å². The second kappa shape index (κ2) is 10.6. The van der Waals surface area contributed by atoms with E-state index in [1.165, 1.54) is 36.4 Å². The van der Waals surface area contributed by atoms with Gasteiger partial charge in [0.25, 0.3) is 5.91 Å². The highest BCUT2D eigenvalue weighted by Gasteiger charge is 2.32. The van der Waals surface area contributed by atoms with Crippen LogP contribution in [-0.4, -0.2) is 45.2 Å². The average molecular weight is 500 g/mol. The molecule has 0 unspecified atom stereocenters. The van der Waals surface area contributed by atoms with Crippen molar-refractivity contribution in [2.45, 2.75) is 18.8 Å². The minimum atomic E-state index is -4.93. The van der Waals surface area contributed by atoms with Crippen molar-refractivity contribution in [1.82, 2.24) is 20.5 Å². The minimum absolute atomic E-state index is 0.0150. The molecule has 2 heterocycles. The van der Waals surface area contributed by atoms with Crippen LogP contribution in [0.25, 0.3) is 22.5 Å². The van der Waals surface area contributed by atoms with E-state index in [1.807, 2.05) is 0 Å². The Morgan fingerprint density at radius 1 is 1.08 bits per heavy atom. The van der Waals surface area contributed by atoms with Crippen LogP contribution in [0.3, 0.4) is 0 Å². The molecule has 1 atom stereocenters. The van der Waals surface area contributed by atoms with Crippen molar-refractivity contribution in [2.24, 2.45) is 0 Å². The van der Waals surface area contributed by atoms with E-state index in [9.17, 15) is 27.5 Å². The smallest absolute Gasteiger partial charge is 0.406 e. The van der Waals surface area contributed by atoms with Gasteiger partial charge in [-0.05, 0) is 66.2 Å². The molecule has 1 amide bonds. The molecule has 0 fully saturated rings. The summed E-state index contributed by atoms with van der Waals surface area (Å²) in [5.74, 6) is -1.60. The standard InChI is InChI=1S/C25H20F4N4O3/c26-16-6-4-15(5-7-16)22-13-23(33-32-22)21-12-19(36-25(27,28)29)8-9-20(21)24(35)31-18(14-34)11-17-3-1-2-10-30-17/h1-10,12-13,18,34H,11,14H2,(H,31,35)(H,32,33)/t18-/m1/s1. The lowest BCUT2D eigenvalue weighted by Gasteiger charge is -2.18. The van der Waals surface area contributed by atoms with Crippen molar-refractivity contribution in [1.29, 1.82) is 0 Å². The lowest BCUT2D eigenvalue weighted by atomic mass is 10.0. The Bertz CT molecular complexity index is 1330. The van der Waals surface area contributed by atoms with Crippen LogP contribution in [0.5, 0.6) is 5.75 Å². The van der Waals surface area contributed by atoms with Crippen LogP contribution in [-0.2, 0) is 6.42 Å². The number of ether oxygens (including phenoxy) is 1. The van der Waals surface area contributed by atoms with Crippen molar-refractivity contribution < 1.29 is 32.2 Å². The van der Waals surface area contributed by atoms with E-state index >= 15 is 0 Å². The first-order valence-corrected chi connectivity index (χ1v) is 10.7. The molecule has 11 heteroatoms. The zero-order chi connectivity index (χ0) is 25.7. The Morgan fingerprint density at radius 3 is 2.53 bits per heavy atom. The number of nitrogens with one attached hydrogen (secondary N) is 2. The first kappa shape index (κ1) is 24.9. The number of nitrogens with zero attached hydrogens (tertiary/aromatic N) is 2. The van der Waals surface area contributed by atoms with Crippen molar-refractivity contribution in [3.63, 3.8) is 0 Å². The molecular weight excluding hydrogens is 480 g/mol. The fourth-order valence-corrected chi connectivity index (χ4v) is 3.56. The molecule has 0 saturated heterocycles. The summed E-state index contributed by atoms with van der Waals surface area (Å²) in [7, 11) is 0. The molecule has 36 heavy (non-hydrogen) atoms. The average Bonchev–Trinajstić information content (AvgIpc) is 3.34. The van der Waals surface area contributed by atoms with E-state index in [-0.39, 0.29) is 29.8 Å². The molecule has 2 aromatic carbocycles. The van der Waals surface area contributed by atoms with E-state index in [0.717, 1.165) is 12.1 Å². The fraction of sp³-hybridized carbons (Fsp3) is 0.160. The molecule has 4 aromatic rings. The highest BCUT2D eigenvalue weighted by atomic mass is 19.4. The Labute approximate surface area is 202 Å². The van der Waals surface area contributed by atoms with Crippen molar-refractivity contribution in [2.75, 3.05) is 6.61 Å². The second-order valence-corrected chi connectivity index (χ2v) is 7.81. The summed E-state index contributed by atoms with van der Waals surface area (Å²) in [6, 6.07) is 14.9. The maximum atomic E-state index is 13.3. The van der Waals surface area contributed by atoms with Crippen molar-refractivity contribution in [3.8, 4) is 28.3 Å². The predicted molar refractivity (Wildman–Crippen MR) is 122 cm³/mol. The summed E-state index contributed by atoms with van der Waals surface area (Å²) in [4.78, 5) is 17.3. The van der Waals surface area contributed by atoms with Crippen LogP contribution in [0.2, 0.25) is 0 Å². The van der Waals surface area contributed by atoms with Gasteiger partial charge in [0.05, 0.1) is 24.0 Å². The van der Waals surface area contributed by atoms with Gasteiger partial charge in [0.2, 0.25) is 0 Å². The number of aliphatic hydroxyl groups excluding tert-OH is 1. The zero-order valence-electron chi connectivity index (χ0n) is 18.6. The third kappa shape index (κ3) is 6.25. The summed E-state index contributed by atoms with van der Waals surface area (Å²) >= 11 is 0. The first-order chi connectivity index (χ1) is 17.2. The number of aliphatic hydroxyl groups is 1. The van der Waals surface area contributed by atoms with Gasteiger partial charge in [-0.3, -0.25) is 14.9 Å². The summed E-state index contributed by atoms with van der Waals surface area (Å²) in [6.07, 6.45) is -3.11. The molecule has 2 aromatic heterocycles. The number of aromatic amines is 1. The van der Waals surface area contributed by atoms with Gasteiger partial charge in [-0.2, -0.15) is 5.10 Å². The number of aromatic nitrogens is 3. The van der Waals surface area contributed by atoms with E-state index in [4.69, 9.17) is 0 Å². The topological polar surface area (TPSA) is 100 Å². The number of benzene rings is 2. The van der Waals surface area contributed by atoms with Crippen LogP contribution in [0, 0.1) is 5.82 Å². The number of pyridine rings is 1. The Hall–Kier alpha value is -4.25. The van der Waals surface area contributed by atoms with Crippen molar-refractivity contribution in [3.05, 3.63) is 90.0 Å². The quantitative estimate of drug-likeness (QED) is 0.309. The second-order valence-electron chi connectivity index (χ2n) is 7.81. The van der Waals surface area contributed by atoms with Crippen LogP contribution < -0.4 is 10.1 Å². The number of rotatable bonds is 8. The maximum Gasteiger partial charge on any atom is 0.573 e. The van der Waals surface area contributed by atoms with E-state index in [2.05, 4.69) is 25.2 Å². The molecule has 0 aliphatic rings. The van der Waals surface area contributed by atoms with E-state index in [1.54, 1.807) is 24.4 Å². The Balaban J connectivity index is 1.66. The fourth-order valence-electron chi connectivity index (χ4n) is 3.56. The molecule has 0 aliphatic carbocycles. The van der Waals surface area contributed by atoms with E-state index in [0.29, 0.717) is 17.0 Å². The first-order valence-electron chi connectivity index (χ1n) is 10.7. The lowest BCUT2D eigenvalue weighted by Crippen LogP contribution is -2.39. The number of alkyl halides is 3. The highest BCUT2D eigenvalue weighted by molar-refractivity contribution is 6.01. The lowest BCUT2D eigenvalue weighted by molar-refractivity contribution is -0.274. The molecule has 0 bridgehead atoms. The SMILES string of the molecule is O=C(N[C@@H](CO)Cc1ccccn1)c1ccc(OC(F)(F)F)cc1-c1cc(-c2ccc(F)cc2)[nH]n1. The van der Waals surface area contributed by atoms with Gasteiger partial charge in [-0.1, -0.05) is 6.07 Å². The van der Waals surface area contributed by atoms with Gasteiger partial charge in [0, 0.05) is 29.4 Å². The number of H-pyrrole nitrogens is 1. The Morgan fingerprint density at radius 2 is 1.86 bits per heavy atom. The van der Waals surface area contributed by atoms with Gasteiger partial charge >= 0.3 is 6.36 Å². The summed E-state index contributed by atoms with van der Waals surface area (Å²) in [6.45, 7) is -0.385. The number of amides is 1. The molecule has 186 valence electrons. The van der Waals surface area contributed by atoms with Crippen LogP contribution >= 0.6 is 0 Å². The molecule has 7 nitrogen and oxygen atoms in total. The van der Waals surface area contributed by atoms with Crippen LogP contribution in [0.4, 0.5) is 17.6 Å². The number of carbonyl (C=O) groups is 1. The monoisotopic (exact) mass is 500 g/mol. The van der Waals surface area contributed by atoms with Crippen LogP contribution in [0.1, 0.15) is 16.1 Å². The Kier molecular flexibility index (Phi) is 7.30. The number of hydrogen-bond donors (Lipinski definition) is 3. The van der Waals surface area contributed by atoms with Gasteiger partial charge < -0.3 is 15.2 Å². The molecule has 0 saturated carbocycles. The zero-order valence-corrected chi connectivity index (χ0v) is 18.6. The molecule has 0 radical (unpaired) electrons. The molecule has 3 N–H and O–H groups in total. The maximum absolute atomic E-state index is 13.3. The predicted octanol–water partition coefficient (Wildman–Crippen LogP) is 4.51. The summed E-state index contributed by atoms with van der Waals surface area (Å²) in [5.41, 5.74) is 1.93. The van der Waals surface area contributed by atoms with Gasteiger partial charge in [0.15, 0.2) is 0 Å². The third-order valence-corrected chi connectivity index (χ3v) is 5.22. The number of halogens is 4. The van der Waals surface area contributed by atoms with Gasteiger partial charge in [0.1, 0.15) is 11.6 Å². The number of carbonyl (C=O) groups excluding carboxylic acids is 1. The summed E-state index contributed by atoms with van der Waals surface area (Å²) < 4.78 is 55.8.